The molecule has 0 spiro atoms. The highest BCUT2D eigenvalue weighted by molar-refractivity contribution is 5.77. The van der Waals surface area contributed by atoms with Crippen molar-refractivity contribution in [1.29, 1.82) is 0 Å². The second-order valence-corrected chi connectivity index (χ2v) is 4.51. The highest BCUT2D eigenvalue weighted by Crippen LogP contribution is 2.14. The fourth-order valence-corrected chi connectivity index (χ4v) is 1.73. The number of rotatable bonds is 4. The van der Waals surface area contributed by atoms with E-state index in [1.54, 1.807) is 0 Å². The molecule has 1 rings (SSSR count). The van der Waals surface area contributed by atoms with E-state index in [-0.39, 0.29) is 11.9 Å². The molecule has 0 radical (unpaired) electrons. The van der Waals surface area contributed by atoms with Gasteiger partial charge in [0.05, 0.1) is 6.54 Å². The van der Waals surface area contributed by atoms with Gasteiger partial charge in [-0.1, -0.05) is 13.8 Å². The van der Waals surface area contributed by atoms with Crippen molar-refractivity contribution >= 4 is 5.91 Å². The fourth-order valence-electron chi connectivity index (χ4n) is 1.73. The van der Waals surface area contributed by atoms with Crippen LogP contribution in [-0.2, 0) is 4.79 Å². The molecule has 1 atom stereocenters. The van der Waals surface area contributed by atoms with Crippen molar-refractivity contribution in [1.82, 2.24) is 10.0 Å². The second-order valence-electron chi connectivity index (χ2n) is 4.51. The van der Waals surface area contributed by atoms with Crippen LogP contribution in [0, 0.1) is 5.92 Å². The summed E-state index contributed by atoms with van der Waals surface area (Å²) in [4.78, 5) is 11.5. The van der Waals surface area contributed by atoms with E-state index in [1.807, 2.05) is 11.9 Å². The van der Waals surface area contributed by atoms with Gasteiger partial charge in [-0.25, -0.2) is 5.01 Å². The van der Waals surface area contributed by atoms with Gasteiger partial charge in [0.1, 0.15) is 0 Å². The second kappa shape index (κ2) is 4.75. The van der Waals surface area contributed by atoms with Crippen LogP contribution >= 0.6 is 0 Å². The van der Waals surface area contributed by atoms with Crippen molar-refractivity contribution in [3.63, 3.8) is 0 Å². The zero-order valence-electron chi connectivity index (χ0n) is 9.36. The molecule has 0 bridgehead atoms. The molecule has 4 heteroatoms. The van der Waals surface area contributed by atoms with Gasteiger partial charge in [-0.15, -0.1) is 0 Å². The molecular weight excluding hydrogens is 178 g/mol. The number of hydrogen-bond donors (Lipinski definition) is 1. The lowest BCUT2D eigenvalue weighted by Gasteiger charge is -2.30. The SMILES string of the molecule is CC(C)CN1CCC(=O)N1CC(C)N. The molecule has 4 nitrogen and oxygen atoms in total. The Hall–Kier alpha value is -0.610. The highest BCUT2D eigenvalue weighted by atomic mass is 16.2. The van der Waals surface area contributed by atoms with Gasteiger partial charge in [0.2, 0.25) is 5.91 Å². The Kier molecular flexibility index (Phi) is 3.89. The van der Waals surface area contributed by atoms with Crippen molar-refractivity contribution in [3.05, 3.63) is 0 Å². The van der Waals surface area contributed by atoms with Gasteiger partial charge < -0.3 is 5.73 Å². The number of amides is 1. The molecule has 82 valence electrons. The summed E-state index contributed by atoms with van der Waals surface area (Å²) in [6, 6.07) is 0.0479. The molecule has 1 aliphatic heterocycles. The van der Waals surface area contributed by atoms with Gasteiger partial charge in [-0.05, 0) is 12.8 Å². The molecule has 1 aliphatic rings. The van der Waals surface area contributed by atoms with Crippen LogP contribution in [0.5, 0.6) is 0 Å². The lowest BCUT2D eigenvalue weighted by Crippen LogP contribution is -2.46. The van der Waals surface area contributed by atoms with Crippen LogP contribution in [0.1, 0.15) is 27.2 Å². The maximum atomic E-state index is 11.5. The monoisotopic (exact) mass is 199 g/mol. The van der Waals surface area contributed by atoms with E-state index >= 15 is 0 Å². The number of nitrogens with two attached hydrogens (primary N) is 1. The van der Waals surface area contributed by atoms with Gasteiger partial charge in [-0.3, -0.25) is 9.80 Å². The Morgan fingerprint density at radius 2 is 2.00 bits per heavy atom. The zero-order chi connectivity index (χ0) is 10.7. The van der Waals surface area contributed by atoms with Crippen LogP contribution in [0.4, 0.5) is 0 Å². The number of hydrogen-bond acceptors (Lipinski definition) is 3. The van der Waals surface area contributed by atoms with Crippen LogP contribution < -0.4 is 5.73 Å². The summed E-state index contributed by atoms with van der Waals surface area (Å²) in [6.45, 7) is 8.69. The normalized spacial score (nSPS) is 20.9. The fraction of sp³-hybridized carbons (Fsp3) is 0.900. The van der Waals surface area contributed by atoms with Gasteiger partial charge >= 0.3 is 0 Å². The van der Waals surface area contributed by atoms with E-state index in [0.717, 1.165) is 13.1 Å². The molecule has 0 saturated carbocycles. The molecule has 0 aromatic heterocycles. The quantitative estimate of drug-likeness (QED) is 0.714. The first-order valence-corrected chi connectivity index (χ1v) is 5.31. The molecule has 14 heavy (non-hydrogen) atoms. The molecule has 1 amide bonds. The lowest BCUT2D eigenvalue weighted by atomic mass is 10.2. The molecule has 0 aromatic carbocycles. The van der Waals surface area contributed by atoms with E-state index in [1.165, 1.54) is 0 Å². The third kappa shape index (κ3) is 2.96. The van der Waals surface area contributed by atoms with Crippen molar-refractivity contribution in [2.75, 3.05) is 19.6 Å². The predicted octanol–water partition coefficient (Wildman–Crippen LogP) is 0.439. The Bertz CT molecular complexity index is 204. The first-order chi connectivity index (χ1) is 6.50. The number of nitrogens with zero attached hydrogens (tertiary/aromatic N) is 2. The first-order valence-electron chi connectivity index (χ1n) is 5.31. The average Bonchev–Trinajstić information content (AvgIpc) is 2.34. The topological polar surface area (TPSA) is 49.6 Å². The van der Waals surface area contributed by atoms with Crippen LogP contribution in [0.3, 0.4) is 0 Å². The third-order valence-electron chi connectivity index (χ3n) is 2.25. The van der Waals surface area contributed by atoms with E-state index < -0.39 is 0 Å². The van der Waals surface area contributed by atoms with Crippen molar-refractivity contribution in [2.24, 2.45) is 11.7 Å². The van der Waals surface area contributed by atoms with Gasteiger partial charge in [0, 0.05) is 25.6 Å². The lowest BCUT2D eigenvalue weighted by molar-refractivity contribution is -0.138. The van der Waals surface area contributed by atoms with E-state index in [9.17, 15) is 4.79 Å². The largest absolute Gasteiger partial charge is 0.326 e. The first kappa shape index (κ1) is 11.5. The Labute approximate surface area is 86.0 Å². The van der Waals surface area contributed by atoms with E-state index in [2.05, 4.69) is 18.9 Å². The van der Waals surface area contributed by atoms with Crippen LogP contribution in [0.25, 0.3) is 0 Å². The number of carbonyl (C=O) groups excluding carboxylic acids is 1. The van der Waals surface area contributed by atoms with Crippen LogP contribution in [0.2, 0.25) is 0 Å². The summed E-state index contributed by atoms with van der Waals surface area (Å²) < 4.78 is 0. The van der Waals surface area contributed by atoms with Gasteiger partial charge in [0.15, 0.2) is 0 Å². The molecule has 0 aromatic rings. The summed E-state index contributed by atoms with van der Waals surface area (Å²) >= 11 is 0. The number of hydrazine groups is 1. The van der Waals surface area contributed by atoms with E-state index in [0.29, 0.717) is 18.9 Å². The molecule has 1 heterocycles. The molecule has 2 N–H and O–H groups in total. The average molecular weight is 199 g/mol. The summed E-state index contributed by atoms with van der Waals surface area (Å²) in [5.74, 6) is 0.791. The van der Waals surface area contributed by atoms with Crippen LogP contribution in [-0.4, -0.2) is 41.6 Å². The minimum Gasteiger partial charge on any atom is -0.326 e. The number of carbonyl (C=O) groups is 1. The van der Waals surface area contributed by atoms with Gasteiger partial charge in [0.25, 0.3) is 0 Å². The molecule has 0 aliphatic carbocycles. The Morgan fingerprint density at radius 1 is 1.36 bits per heavy atom. The predicted molar refractivity (Wildman–Crippen MR) is 56.4 cm³/mol. The smallest absolute Gasteiger partial charge is 0.238 e. The Balaban J connectivity index is 2.53. The minimum atomic E-state index is 0.0479. The van der Waals surface area contributed by atoms with Crippen molar-refractivity contribution in [3.8, 4) is 0 Å². The highest BCUT2D eigenvalue weighted by Gasteiger charge is 2.29. The minimum absolute atomic E-state index is 0.0479. The maximum absolute atomic E-state index is 11.5. The standard InChI is InChI=1S/C10H21N3O/c1-8(2)6-12-5-4-10(14)13(12)7-9(3)11/h8-9H,4-7,11H2,1-3H3. The summed E-state index contributed by atoms with van der Waals surface area (Å²) in [5, 5.41) is 3.93. The van der Waals surface area contributed by atoms with Gasteiger partial charge in [-0.2, -0.15) is 0 Å². The van der Waals surface area contributed by atoms with Crippen molar-refractivity contribution in [2.45, 2.75) is 33.2 Å². The molecule has 1 unspecified atom stereocenters. The Morgan fingerprint density at radius 3 is 2.50 bits per heavy atom. The summed E-state index contributed by atoms with van der Waals surface area (Å²) in [6.07, 6.45) is 0.638. The third-order valence-corrected chi connectivity index (χ3v) is 2.25. The molecule has 1 saturated heterocycles. The van der Waals surface area contributed by atoms with Crippen molar-refractivity contribution < 1.29 is 4.79 Å². The molecule has 1 fully saturated rings. The maximum Gasteiger partial charge on any atom is 0.238 e. The zero-order valence-corrected chi connectivity index (χ0v) is 9.36. The summed E-state index contributed by atoms with van der Waals surface area (Å²) in [5.41, 5.74) is 5.71. The van der Waals surface area contributed by atoms with E-state index in [4.69, 9.17) is 5.73 Å². The van der Waals surface area contributed by atoms with Crippen LogP contribution in [0.15, 0.2) is 0 Å². The summed E-state index contributed by atoms with van der Waals surface area (Å²) in [7, 11) is 0. The molecular formula is C10H21N3O.